The van der Waals surface area contributed by atoms with Crippen molar-refractivity contribution in [2.24, 2.45) is 5.92 Å². The third kappa shape index (κ3) is 37.6. The van der Waals surface area contributed by atoms with E-state index in [1.807, 2.05) is 0 Å². The first kappa shape index (κ1) is 48.3. The summed E-state index contributed by atoms with van der Waals surface area (Å²) < 4.78 is 10.9. The topological polar surface area (TPSA) is 59.1 Å². The first-order valence-corrected chi connectivity index (χ1v) is 21.3. The summed E-state index contributed by atoms with van der Waals surface area (Å²) >= 11 is 0. The Bertz CT molecular complexity index is 797. The van der Waals surface area contributed by atoms with Crippen LogP contribution in [0.1, 0.15) is 187 Å². The predicted molar refractivity (Wildman–Crippen MR) is 216 cm³/mol. The first-order valence-electron chi connectivity index (χ1n) is 21.3. The van der Waals surface area contributed by atoms with E-state index in [1.165, 1.54) is 103 Å². The maximum Gasteiger partial charge on any atom is 0.305 e. The van der Waals surface area contributed by atoms with Crippen molar-refractivity contribution in [3.63, 3.8) is 0 Å². The van der Waals surface area contributed by atoms with Crippen molar-refractivity contribution in [3.8, 4) is 0 Å². The van der Waals surface area contributed by atoms with Gasteiger partial charge >= 0.3 is 11.9 Å². The lowest BCUT2D eigenvalue weighted by molar-refractivity contribution is -0.144. The molecule has 0 aromatic rings. The molecule has 0 saturated carbocycles. The molecule has 0 rings (SSSR count). The Labute approximate surface area is 311 Å². The van der Waals surface area contributed by atoms with Crippen LogP contribution in [0.2, 0.25) is 0 Å². The molecule has 0 fully saturated rings. The minimum absolute atomic E-state index is 0.0136. The van der Waals surface area contributed by atoms with Crippen molar-refractivity contribution in [1.82, 2.24) is 9.80 Å². The van der Waals surface area contributed by atoms with E-state index in [2.05, 4.69) is 69.1 Å². The van der Waals surface area contributed by atoms with Crippen LogP contribution in [0.3, 0.4) is 0 Å². The summed E-state index contributed by atoms with van der Waals surface area (Å²) in [7, 11) is 6.58. The third-order valence-electron chi connectivity index (χ3n) is 9.57. The summed E-state index contributed by atoms with van der Waals surface area (Å²) in [6, 6.07) is 0. The van der Waals surface area contributed by atoms with E-state index in [9.17, 15) is 9.59 Å². The van der Waals surface area contributed by atoms with Gasteiger partial charge in [0.25, 0.3) is 0 Å². The maximum absolute atomic E-state index is 12.1. The molecule has 0 aliphatic carbocycles. The van der Waals surface area contributed by atoms with E-state index in [0.717, 1.165) is 83.2 Å². The van der Waals surface area contributed by atoms with E-state index >= 15 is 0 Å². The first-order chi connectivity index (χ1) is 24.4. The van der Waals surface area contributed by atoms with Gasteiger partial charge in [0.1, 0.15) is 0 Å². The number of allylic oxidation sites excluding steroid dienone is 4. The van der Waals surface area contributed by atoms with Gasteiger partial charge in [-0.15, -0.1) is 0 Å². The summed E-state index contributed by atoms with van der Waals surface area (Å²) in [5.41, 5.74) is 0. The fourth-order valence-corrected chi connectivity index (χ4v) is 6.25. The predicted octanol–water partition coefficient (Wildman–Crippen LogP) is 11.9. The molecule has 6 nitrogen and oxygen atoms in total. The zero-order valence-electron chi connectivity index (χ0n) is 34.0. The number of esters is 2. The number of likely N-dealkylation sites (N-methyl/N-ethyl adjacent to an activating group) is 2. The number of hydrogen-bond acceptors (Lipinski definition) is 6. The molecular weight excluding hydrogens is 620 g/mol. The van der Waals surface area contributed by atoms with E-state index in [-0.39, 0.29) is 11.9 Å². The number of rotatable bonds is 38. The van der Waals surface area contributed by atoms with Crippen LogP contribution in [-0.2, 0) is 19.1 Å². The molecule has 1 atom stereocenters. The Hall–Kier alpha value is -1.66. The van der Waals surface area contributed by atoms with E-state index in [4.69, 9.17) is 9.47 Å². The standard InChI is InChI=1S/C44H84N2O4/c1-6-8-10-12-14-15-19-26-32-40-50-43(47)35-29-23-17-16-21-27-33-42(41-46(5)38-37-45(3)4)34-28-22-20-24-30-36-44(48)49-39-31-25-18-13-11-9-7-2/h12-14,18,42H,6-11,15-17,19-41H2,1-5H3/b14-12+,18-13+. The van der Waals surface area contributed by atoms with E-state index < -0.39 is 0 Å². The van der Waals surface area contributed by atoms with Gasteiger partial charge in [-0.2, -0.15) is 0 Å². The molecule has 294 valence electrons. The molecule has 50 heavy (non-hydrogen) atoms. The Morgan fingerprint density at radius 3 is 1.42 bits per heavy atom. The van der Waals surface area contributed by atoms with Crippen molar-refractivity contribution in [1.29, 1.82) is 0 Å². The van der Waals surface area contributed by atoms with Crippen LogP contribution in [0.15, 0.2) is 24.3 Å². The number of unbranched alkanes of at least 4 members (excludes halogenated alkanes) is 17. The highest BCUT2D eigenvalue weighted by Gasteiger charge is 2.12. The third-order valence-corrected chi connectivity index (χ3v) is 9.57. The Balaban J connectivity index is 3.98. The van der Waals surface area contributed by atoms with Crippen molar-refractivity contribution in [2.45, 2.75) is 187 Å². The molecule has 0 saturated heterocycles. The number of carbonyl (C=O) groups excluding carboxylic acids is 2. The minimum Gasteiger partial charge on any atom is -0.466 e. The zero-order chi connectivity index (χ0) is 36.8. The molecule has 1 unspecified atom stereocenters. The van der Waals surface area contributed by atoms with E-state index in [1.54, 1.807) is 0 Å². The quantitative estimate of drug-likeness (QED) is 0.0362. The van der Waals surface area contributed by atoms with Crippen LogP contribution in [0.25, 0.3) is 0 Å². The minimum atomic E-state index is -0.0267. The van der Waals surface area contributed by atoms with Crippen LogP contribution in [0.5, 0.6) is 0 Å². The summed E-state index contributed by atoms with van der Waals surface area (Å²) in [6.07, 6.45) is 39.6. The Morgan fingerprint density at radius 1 is 0.500 bits per heavy atom. The molecule has 0 aromatic heterocycles. The van der Waals surface area contributed by atoms with Crippen molar-refractivity contribution >= 4 is 11.9 Å². The molecule has 0 amide bonds. The zero-order valence-corrected chi connectivity index (χ0v) is 34.0. The van der Waals surface area contributed by atoms with Crippen LogP contribution < -0.4 is 0 Å². The molecule has 6 heteroatoms. The fraction of sp³-hybridized carbons (Fsp3) is 0.864. The van der Waals surface area contributed by atoms with Gasteiger partial charge < -0.3 is 19.3 Å². The van der Waals surface area contributed by atoms with Gasteiger partial charge in [-0.05, 0) is 104 Å². The summed E-state index contributed by atoms with van der Waals surface area (Å²) in [4.78, 5) is 28.9. The molecule has 0 N–H and O–H groups in total. The molecular formula is C44H84N2O4. The van der Waals surface area contributed by atoms with Gasteiger partial charge in [0.05, 0.1) is 13.2 Å². The highest BCUT2D eigenvalue weighted by atomic mass is 16.5. The summed E-state index contributed by atoms with van der Waals surface area (Å²) in [6.45, 7) is 8.99. The lowest BCUT2D eigenvalue weighted by Crippen LogP contribution is -2.32. The number of hydrogen-bond donors (Lipinski definition) is 0. The number of nitrogens with zero attached hydrogens (tertiary/aromatic N) is 2. The normalized spacial score (nSPS) is 12.5. The molecule has 0 spiro atoms. The van der Waals surface area contributed by atoms with Crippen LogP contribution >= 0.6 is 0 Å². The van der Waals surface area contributed by atoms with Gasteiger partial charge in [-0.25, -0.2) is 0 Å². The maximum atomic E-state index is 12.1. The highest BCUT2D eigenvalue weighted by Crippen LogP contribution is 2.20. The second kappa shape index (κ2) is 38.6. The molecule has 0 aromatic carbocycles. The average Bonchev–Trinajstić information content (AvgIpc) is 3.09. The summed E-state index contributed by atoms with van der Waals surface area (Å²) in [5.74, 6) is 0.720. The number of ether oxygens (including phenoxy) is 2. The van der Waals surface area contributed by atoms with Gasteiger partial charge in [0, 0.05) is 32.5 Å². The van der Waals surface area contributed by atoms with Crippen molar-refractivity contribution in [2.75, 3.05) is 54.0 Å². The van der Waals surface area contributed by atoms with Crippen LogP contribution in [-0.4, -0.2) is 75.7 Å². The SMILES string of the molecule is CCCC/C=C/CCCCCOC(=O)CCCCCCCCC(CCCCCCCC(=O)OCCC/C=C/CCCC)CN(C)CCN(C)C. The lowest BCUT2D eigenvalue weighted by Gasteiger charge is -2.25. The molecule has 0 bridgehead atoms. The second-order valence-corrected chi connectivity index (χ2v) is 15.1. The van der Waals surface area contributed by atoms with Gasteiger partial charge in [0.2, 0.25) is 0 Å². The second-order valence-electron chi connectivity index (χ2n) is 15.1. The monoisotopic (exact) mass is 705 g/mol. The van der Waals surface area contributed by atoms with Gasteiger partial charge in [-0.3, -0.25) is 9.59 Å². The average molecular weight is 705 g/mol. The van der Waals surface area contributed by atoms with Crippen molar-refractivity contribution < 1.29 is 19.1 Å². The Morgan fingerprint density at radius 2 is 0.920 bits per heavy atom. The fourth-order valence-electron chi connectivity index (χ4n) is 6.25. The van der Waals surface area contributed by atoms with E-state index in [0.29, 0.717) is 26.1 Å². The van der Waals surface area contributed by atoms with Gasteiger partial charge in [0.15, 0.2) is 0 Å². The number of carbonyl (C=O) groups is 2. The molecule has 0 heterocycles. The Kier molecular flexibility index (Phi) is 37.3. The van der Waals surface area contributed by atoms with Gasteiger partial charge in [-0.1, -0.05) is 122 Å². The molecule has 0 aliphatic rings. The highest BCUT2D eigenvalue weighted by molar-refractivity contribution is 5.69. The largest absolute Gasteiger partial charge is 0.466 e. The molecule has 0 radical (unpaired) electrons. The smallest absolute Gasteiger partial charge is 0.305 e. The van der Waals surface area contributed by atoms with Crippen LogP contribution in [0, 0.1) is 5.92 Å². The van der Waals surface area contributed by atoms with Crippen LogP contribution in [0.4, 0.5) is 0 Å². The molecule has 0 aliphatic heterocycles. The van der Waals surface area contributed by atoms with Crippen molar-refractivity contribution in [3.05, 3.63) is 24.3 Å². The lowest BCUT2D eigenvalue weighted by atomic mass is 9.93. The summed E-state index contributed by atoms with van der Waals surface area (Å²) in [5, 5.41) is 0.